The second-order valence-electron chi connectivity index (χ2n) is 4.72. The van der Waals surface area contributed by atoms with Crippen LogP contribution in [0.2, 0.25) is 0 Å². The average molecular weight is 330 g/mol. The zero-order chi connectivity index (χ0) is 17.5. The molecule has 0 saturated carbocycles. The van der Waals surface area contributed by atoms with Gasteiger partial charge in [-0.05, 0) is 31.2 Å². The molecular formula is C18H18O6. The van der Waals surface area contributed by atoms with Crippen molar-refractivity contribution in [3.63, 3.8) is 0 Å². The smallest absolute Gasteiger partial charge is 0.170 e. The van der Waals surface area contributed by atoms with Gasteiger partial charge in [-0.2, -0.15) is 0 Å². The normalized spacial score (nSPS) is 9.96. The summed E-state index contributed by atoms with van der Waals surface area (Å²) in [5.41, 5.74) is 0.716. The summed E-state index contributed by atoms with van der Waals surface area (Å²) < 4.78 is 21.7. The minimum absolute atomic E-state index is 0.270. The number of ether oxygens (including phenoxy) is 4. The summed E-state index contributed by atoms with van der Waals surface area (Å²) >= 11 is 0. The molecule has 2 aromatic carbocycles. The second-order valence-corrected chi connectivity index (χ2v) is 4.72. The Morgan fingerprint density at radius 2 is 1.54 bits per heavy atom. The summed E-state index contributed by atoms with van der Waals surface area (Å²) in [7, 11) is 2.97. The molecule has 2 aromatic rings. The molecule has 24 heavy (non-hydrogen) atoms. The van der Waals surface area contributed by atoms with E-state index in [1.807, 2.05) is 6.92 Å². The highest BCUT2D eigenvalue weighted by atomic mass is 16.5. The minimum atomic E-state index is 0.270. The van der Waals surface area contributed by atoms with Gasteiger partial charge >= 0.3 is 0 Å². The molecule has 0 aromatic heterocycles. The van der Waals surface area contributed by atoms with Crippen LogP contribution in [0.4, 0.5) is 0 Å². The van der Waals surface area contributed by atoms with Gasteiger partial charge in [0.2, 0.25) is 0 Å². The maximum absolute atomic E-state index is 11.4. The molecule has 0 fully saturated rings. The lowest BCUT2D eigenvalue weighted by molar-refractivity contribution is 0.111. The van der Waals surface area contributed by atoms with E-state index in [1.165, 1.54) is 20.3 Å². The van der Waals surface area contributed by atoms with Crippen LogP contribution in [0.1, 0.15) is 27.6 Å². The highest BCUT2D eigenvalue weighted by molar-refractivity contribution is 5.82. The van der Waals surface area contributed by atoms with Crippen molar-refractivity contribution in [1.82, 2.24) is 0 Å². The third kappa shape index (κ3) is 3.65. The Labute approximate surface area is 139 Å². The van der Waals surface area contributed by atoms with Gasteiger partial charge in [0.05, 0.1) is 26.4 Å². The van der Waals surface area contributed by atoms with E-state index < -0.39 is 0 Å². The quantitative estimate of drug-likeness (QED) is 0.690. The first-order chi connectivity index (χ1) is 11.7. The molecule has 0 amide bonds. The Bertz CT molecular complexity index is 739. The Kier molecular flexibility index (Phi) is 5.78. The fourth-order valence-electron chi connectivity index (χ4n) is 2.13. The molecule has 0 bridgehead atoms. The molecule has 0 radical (unpaired) electrons. The molecule has 0 atom stereocenters. The number of benzene rings is 2. The van der Waals surface area contributed by atoms with Crippen LogP contribution >= 0.6 is 0 Å². The summed E-state index contributed by atoms with van der Waals surface area (Å²) in [5, 5.41) is 0. The van der Waals surface area contributed by atoms with Crippen LogP contribution < -0.4 is 18.9 Å². The van der Waals surface area contributed by atoms with Gasteiger partial charge in [0.25, 0.3) is 0 Å². The topological polar surface area (TPSA) is 71.1 Å². The van der Waals surface area contributed by atoms with Gasteiger partial charge in [-0.15, -0.1) is 0 Å². The molecule has 0 aliphatic heterocycles. The summed E-state index contributed by atoms with van der Waals surface area (Å²) in [6.45, 7) is 2.27. The third-order valence-corrected chi connectivity index (χ3v) is 3.27. The van der Waals surface area contributed by atoms with Gasteiger partial charge in [-0.3, -0.25) is 9.59 Å². The Balaban J connectivity index is 2.50. The van der Waals surface area contributed by atoms with E-state index in [9.17, 15) is 9.59 Å². The third-order valence-electron chi connectivity index (χ3n) is 3.27. The summed E-state index contributed by atoms with van der Waals surface area (Å²) in [4.78, 5) is 22.4. The van der Waals surface area contributed by atoms with Gasteiger partial charge in [0, 0.05) is 11.6 Å². The number of hydrogen-bond acceptors (Lipinski definition) is 6. The molecule has 0 aliphatic carbocycles. The number of rotatable bonds is 8. The minimum Gasteiger partial charge on any atom is -0.493 e. The van der Waals surface area contributed by atoms with Gasteiger partial charge in [-0.25, -0.2) is 0 Å². The molecule has 0 aliphatic rings. The highest BCUT2D eigenvalue weighted by Gasteiger charge is 2.15. The van der Waals surface area contributed by atoms with Gasteiger partial charge in [0.1, 0.15) is 12.0 Å². The molecule has 0 N–H and O–H groups in total. The van der Waals surface area contributed by atoms with Crippen molar-refractivity contribution in [2.24, 2.45) is 0 Å². The first-order valence-corrected chi connectivity index (χ1v) is 7.27. The molecule has 6 heteroatoms. The molecule has 6 nitrogen and oxygen atoms in total. The molecule has 0 saturated heterocycles. The first-order valence-electron chi connectivity index (χ1n) is 7.27. The zero-order valence-electron chi connectivity index (χ0n) is 13.7. The monoisotopic (exact) mass is 330 g/mol. The highest BCUT2D eigenvalue weighted by Crippen LogP contribution is 2.39. The molecule has 0 heterocycles. The molecule has 126 valence electrons. The van der Waals surface area contributed by atoms with Gasteiger partial charge in [0.15, 0.2) is 29.3 Å². The summed E-state index contributed by atoms with van der Waals surface area (Å²) in [5.74, 6) is 1.90. The van der Waals surface area contributed by atoms with Crippen molar-refractivity contribution in [3.05, 3.63) is 41.5 Å². The van der Waals surface area contributed by atoms with E-state index in [-0.39, 0.29) is 11.3 Å². The van der Waals surface area contributed by atoms with Crippen LogP contribution in [-0.2, 0) is 0 Å². The number of carbonyl (C=O) groups is 2. The first kappa shape index (κ1) is 17.3. The van der Waals surface area contributed by atoms with Crippen molar-refractivity contribution < 1.29 is 28.5 Å². The average Bonchev–Trinajstić information content (AvgIpc) is 2.62. The summed E-state index contributed by atoms with van der Waals surface area (Å²) in [6.07, 6.45) is 1.36. The van der Waals surface area contributed by atoms with E-state index in [0.717, 1.165) is 0 Å². The van der Waals surface area contributed by atoms with E-state index in [1.54, 1.807) is 24.3 Å². The van der Waals surface area contributed by atoms with Gasteiger partial charge in [-0.1, -0.05) is 0 Å². The van der Waals surface area contributed by atoms with Crippen molar-refractivity contribution in [2.45, 2.75) is 6.92 Å². The van der Waals surface area contributed by atoms with Crippen LogP contribution in [-0.4, -0.2) is 33.4 Å². The maximum atomic E-state index is 11.4. The fraction of sp³-hybridized carbons (Fsp3) is 0.222. The lowest BCUT2D eigenvalue weighted by Crippen LogP contribution is -1.99. The van der Waals surface area contributed by atoms with Crippen LogP contribution in [0.15, 0.2) is 30.3 Å². The predicted octanol–water partition coefficient (Wildman–Crippen LogP) is 3.52. The lowest BCUT2D eigenvalue weighted by atomic mass is 10.2. The second kappa shape index (κ2) is 8.01. The van der Waals surface area contributed by atoms with Crippen LogP contribution in [0.5, 0.6) is 28.7 Å². The molecule has 2 rings (SSSR count). The lowest BCUT2D eigenvalue weighted by Gasteiger charge is -2.15. The number of methoxy groups -OCH3 is 2. The largest absolute Gasteiger partial charge is 0.493 e. The maximum Gasteiger partial charge on any atom is 0.170 e. The van der Waals surface area contributed by atoms with Crippen molar-refractivity contribution in [3.8, 4) is 28.7 Å². The van der Waals surface area contributed by atoms with Crippen molar-refractivity contribution in [1.29, 1.82) is 0 Å². The predicted molar refractivity (Wildman–Crippen MR) is 88.0 cm³/mol. The number of aldehydes is 2. The van der Waals surface area contributed by atoms with Crippen LogP contribution in [0.3, 0.4) is 0 Å². The van der Waals surface area contributed by atoms with Crippen LogP contribution in [0, 0.1) is 0 Å². The van der Waals surface area contributed by atoms with Gasteiger partial charge < -0.3 is 18.9 Å². The van der Waals surface area contributed by atoms with E-state index in [4.69, 9.17) is 18.9 Å². The van der Waals surface area contributed by atoms with E-state index in [2.05, 4.69) is 0 Å². The van der Waals surface area contributed by atoms with E-state index >= 15 is 0 Å². The number of carbonyl (C=O) groups excluding carboxylic acids is 2. The molecular weight excluding hydrogens is 312 g/mol. The standard InChI is InChI=1S/C18H18O6/c1-4-23-14-6-5-12(10-19)7-18(14)24-15-9-17(22-3)16(21-2)8-13(15)11-20/h5-11H,4H2,1-3H3. The Morgan fingerprint density at radius 3 is 2.12 bits per heavy atom. The molecule has 0 spiro atoms. The van der Waals surface area contributed by atoms with Crippen LogP contribution in [0.25, 0.3) is 0 Å². The molecule has 0 unspecified atom stereocenters. The van der Waals surface area contributed by atoms with Crippen molar-refractivity contribution in [2.75, 3.05) is 20.8 Å². The fourth-order valence-corrected chi connectivity index (χ4v) is 2.13. The Hall–Kier alpha value is -3.02. The number of hydrogen-bond donors (Lipinski definition) is 0. The summed E-state index contributed by atoms with van der Waals surface area (Å²) in [6, 6.07) is 7.88. The SMILES string of the molecule is CCOc1ccc(C=O)cc1Oc1cc(OC)c(OC)cc1C=O. The Morgan fingerprint density at radius 1 is 0.833 bits per heavy atom. The zero-order valence-corrected chi connectivity index (χ0v) is 13.7. The van der Waals surface area contributed by atoms with Crippen molar-refractivity contribution >= 4 is 12.6 Å². The van der Waals surface area contributed by atoms with E-state index in [0.29, 0.717) is 47.7 Å².